The summed E-state index contributed by atoms with van der Waals surface area (Å²) < 4.78 is 0. The van der Waals surface area contributed by atoms with Gasteiger partial charge < -0.3 is 5.11 Å². The molecular formula is C13H16NO2. The maximum absolute atomic E-state index is 11.1. The van der Waals surface area contributed by atoms with Crippen LogP contribution in [0.25, 0.3) is 0 Å². The largest absolute Gasteiger partial charge is 0.393 e. The van der Waals surface area contributed by atoms with Crippen LogP contribution in [0.15, 0.2) is 30.3 Å². The predicted molar refractivity (Wildman–Crippen MR) is 61.7 cm³/mol. The second-order valence-corrected chi connectivity index (χ2v) is 4.20. The number of piperidine rings is 1. The van der Waals surface area contributed by atoms with Crippen LogP contribution < -0.4 is 0 Å². The monoisotopic (exact) mass is 218 g/mol. The lowest BCUT2D eigenvalue weighted by molar-refractivity contribution is 0.0732. The first-order valence-corrected chi connectivity index (χ1v) is 5.66. The van der Waals surface area contributed by atoms with Crippen LogP contribution in [0.1, 0.15) is 24.4 Å². The van der Waals surface area contributed by atoms with Gasteiger partial charge in [-0.25, -0.2) is 0 Å². The van der Waals surface area contributed by atoms with Gasteiger partial charge in [0.25, 0.3) is 0 Å². The Morgan fingerprint density at radius 2 is 1.88 bits per heavy atom. The first-order chi connectivity index (χ1) is 7.81. The zero-order valence-corrected chi connectivity index (χ0v) is 9.17. The molecule has 1 unspecified atom stereocenters. The smallest absolute Gasteiger partial charge is 0.222 e. The van der Waals surface area contributed by atoms with Crippen LogP contribution in [0.5, 0.6) is 0 Å². The van der Waals surface area contributed by atoms with E-state index in [9.17, 15) is 9.90 Å². The Hall–Kier alpha value is -1.19. The summed E-state index contributed by atoms with van der Waals surface area (Å²) in [7, 11) is 0. The fourth-order valence-corrected chi connectivity index (χ4v) is 2.13. The molecule has 1 aromatic rings. The number of hydrogen-bond acceptors (Lipinski definition) is 3. The lowest BCUT2D eigenvalue weighted by Crippen LogP contribution is -2.39. The number of likely N-dealkylation sites (tertiary alicyclic amines) is 1. The zero-order valence-electron chi connectivity index (χ0n) is 9.17. The Balaban J connectivity index is 2.08. The summed E-state index contributed by atoms with van der Waals surface area (Å²) in [5.41, 5.74) is 0.980. The van der Waals surface area contributed by atoms with Crippen molar-refractivity contribution in [1.29, 1.82) is 0 Å². The van der Waals surface area contributed by atoms with Crippen molar-refractivity contribution in [2.45, 2.75) is 25.0 Å². The van der Waals surface area contributed by atoms with Crippen molar-refractivity contribution in [3.8, 4) is 0 Å². The molecule has 3 heteroatoms. The van der Waals surface area contributed by atoms with E-state index in [4.69, 9.17) is 0 Å². The van der Waals surface area contributed by atoms with Crippen molar-refractivity contribution in [1.82, 2.24) is 4.90 Å². The predicted octanol–water partition coefficient (Wildman–Crippen LogP) is 1.29. The number of rotatable bonds is 3. The van der Waals surface area contributed by atoms with Gasteiger partial charge >= 0.3 is 0 Å². The van der Waals surface area contributed by atoms with Gasteiger partial charge in [0.1, 0.15) is 6.04 Å². The summed E-state index contributed by atoms with van der Waals surface area (Å²) in [4.78, 5) is 13.1. The van der Waals surface area contributed by atoms with Gasteiger partial charge in [-0.2, -0.15) is 0 Å². The molecule has 1 saturated heterocycles. The van der Waals surface area contributed by atoms with Gasteiger partial charge in [0, 0.05) is 13.1 Å². The summed E-state index contributed by atoms with van der Waals surface area (Å²) in [5, 5.41) is 9.43. The Morgan fingerprint density at radius 1 is 1.25 bits per heavy atom. The molecule has 3 nitrogen and oxygen atoms in total. The van der Waals surface area contributed by atoms with E-state index < -0.39 is 0 Å². The van der Waals surface area contributed by atoms with Crippen LogP contribution in [0, 0.1) is 0 Å². The van der Waals surface area contributed by atoms with Crippen LogP contribution in [-0.2, 0) is 4.79 Å². The molecule has 0 bridgehead atoms. The van der Waals surface area contributed by atoms with Gasteiger partial charge in [0.05, 0.1) is 6.10 Å². The van der Waals surface area contributed by atoms with Gasteiger partial charge in [-0.1, -0.05) is 30.3 Å². The van der Waals surface area contributed by atoms with E-state index in [1.165, 1.54) is 0 Å². The molecule has 0 aromatic heterocycles. The van der Waals surface area contributed by atoms with Crippen molar-refractivity contribution in [2.24, 2.45) is 0 Å². The van der Waals surface area contributed by atoms with E-state index in [0.29, 0.717) is 0 Å². The van der Waals surface area contributed by atoms with E-state index in [2.05, 4.69) is 11.2 Å². The molecule has 0 aliphatic carbocycles. The van der Waals surface area contributed by atoms with E-state index in [0.717, 1.165) is 31.5 Å². The highest BCUT2D eigenvalue weighted by molar-refractivity contribution is 5.62. The van der Waals surface area contributed by atoms with Gasteiger partial charge in [-0.3, -0.25) is 9.69 Å². The molecule has 1 aromatic carbocycles. The maximum Gasteiger partial charge on any atom is 0.222 e. The number of benzene rings is 1. The van der Waals surface area contributed by atoms with Crippen LogP contribution in [0.2, 0.25) is 0 Å². The fraction of sp³-hybridized carbons (Fsp3) is 0.462. The first-order valence-electron chi connectivity index (χ1n) is 5.66. The van der Waals surface area contributed by atoms with Crippen molar-refractivity contribution >= 4 is 6.29 Å². The van der Waals surface area contributed by atoms with E-state index in [1.807, 2.05) is 30.3 Å². The Labute approximate surface area is 95.7 Å². The number of aliphatic hydroxyl groups excluding tert-OH is 1. The van der Waals surface area contributed by atoms with Gasteiger partial charge in [-0.05, 0) is 18.4 Å². The second-order valence-electron chi connectivity index (χ2n) is 4.20. The average Bonchev–Trinajstić information content (AvgIpc) is 2.34. The molecule has 1 aliphatic heterocycles. The van der Waals surface area contributed by atoms with E-state index in [-0.39, 0.29) is 12.1 Å². The molecule has 0 spiro atoms. The van der Waals surface area contributed by atoms with Crippen molar-refractivity contribution in [3.63, 3.8) is 0 Å². The molecule has 2 rings (SSSR count). The number of nitrogens with zero attached hydrogens (tertiary/aromatic N) is 1. The summed E-state index contributed by atoms with van der Waals surface area (Å²) in [6.07, 6.45) is 3.37. The quantitative estimate of drug-likeness (QED) is 0.831. The van der Waals surface area contributed by atoms with Crippen molar-refractivity contribution < 1.29 is 9.90 Å². The number of hydrogen-bond donors (Lipinski definition) is 1. The molecular weight excluding hydrogens is 202 g/mol. The molecule has 0 saturated carbocycles. The minimum atomic E-state index is -0.284. The lowest BCUT2D eigenvalue weighted by Gasteiger charge is -2.33. The molecule has 1 heterocycles. The average molecular weight is 218 g/mol. The third-order valence-corrected chi connectivity index (χ3v) is 3.09. The van der Waals surface area contributed by atoms with E-state index in [1.54, 1.807) is 0 Å². The fourth-order valence-electron chi connectivity index (χ4n) is 2.13. The number of aliphatic hydroxyl groups is 1. The van der Waals surface area contributed by atoms with Crippen LogP contribution in [0.3, 0.4) is 0 Å². The van der Waals surface area contributed by atoms with E-state index >= 15 is 0 Å². The van der Waals surface area contributed by atoms with Crippen LogP contribution >= 0.6 is 0 Å². The van der Waals surface area contributed by atoms with Crippen LogP contribution in [-0.4, -0.2) is 35.5 Å². The minimum Gasteiger partial charge on any atom is -0.393 e. The van der Waals surface area contributed by atoms with Gasteiger partial charge in [0.2, 0.25) is 6.29 Å². The molecule has 1 fully saturated rings. The third-order valence-electron chi connectivity index (χ3n) is 3.09. The zero-order chi connectivity index (χ0) is 11.4. The van der Waals surface area contributed by atoms with Gasteiger partial charge in [-0.15, -0.1) is 0 Å². The van der Waals surface area contributed by atoms with Crippen LogP contribution in [0.4, 0.5) is 0 Å². The third kappa shape index (κ3) is 2.49. The summed E-state index contributed by atoms with van der Waals surface area (Å²) >= 11 is 0. The Morgan fingerprint density at radius 3 is 2.44 bits per heavy atom. The van der Waals surface area contributed by atoms with Gasteiger partial charge in [0.15, 0.2) is 0 Å². The summed E-state index contributed by atoms with van der Waals surface area (Å²) in [6, 6.07) is 9.40. The molecule has 1 aliphatic rings. The summed E-state index contributed by atoms with van der Waals surface area (Å²) in [6.45, 7) is 1.52. The topological polar surface area (TPSA) is 40.5 Å². The highest BCUT2D eigenvalue weighted by atomic mass is 16.3. The highest BCUT2D eigenvalue weighted by Gasteiger charge is 2.25. The molecule has 16 heavy (non-hydrogen) atoms. The molecule has 1 atom stereocenters. The Bertz CT molecular complexity index is 331. The second kappa shape index (κ2) is 5.23. The lowest BCUT2D eigenvalue weighted by atomic mass is 10.0. The molecule has 85 valence electrons. The number of carbonyl (C=O) groups excluding carboxylic acids is 1. The summed E-state index contributed by atoms with van der Waals surface area (Å²) in [5.74, 6) is 0. The maximum atomic E-state index is 11.1. The minimum absolute atomic E-state index is 0.209. The molecule has 1 N–H and O–H groups in total. The SMILES string of the molecule is O=[C]C(c1ccccc1)N1CCC(O)CC1. The van der Waals surface area contributed by atoms with Crippen molar-refractivity contribution in [2.75, 3.05) is 13.1 Å². The highest BCUT2D eigenvalue weighted by Crippen LogP contribution is 2.22. The first kappa shape index (κ1) is 11.3. The van der Waals surface area contributed by atoms with Crippen molar-refractivity contribution in [3.05, 3.63) is 35.9 Å². The molecule has 0 amide bonds. The molecule has 1 radical (unpaired) electrons. The Kier molecular flexibility index (Phi) is 3.70. The normalized spacial score (nSPS) is 20.6. The standard InChI is InChI=1S/C13H16NO2/c15-10-13(11-4-2-1-3-5-11)14-8-6-12(16)7-9-14/h1-5,12-13,16H,6-9H2.